The maximum absolute atomic E-state index is 12.1. The molecule has 8 fully saturated rings. The van der Waals surface area contributed by atoms with Gasteiger partial charge in [-0.2, -0.15) is 0 Å². The summed E-state index contributed by atoms with van der Waals surface area (Å²) in [6, 6.07) is 0. The maximum atomic E-state index is 12.1. The Morgan fingerprint density at radius 3 is 1.92 bits per heavy atom. The van der Waals surface area contributed by atoms with Gasteiger partial charge in [-0.05, 0) is 106 Å². The van der Waals surface area contributed by atoms with Crippen LogP contribution in [-0.4, -0.2) is 227 Å². The molecule has 9 aliphatic rings. The number of hydrogen-bond acceptors (Lipinski definition) is 22. The summed E-state index contributed by atoms with van der Waals surface area (Å²) in [6.07, 6.45) is -20.1. The molecule has 3 saturated carbocycles. The zero-order chi connectivity index (χ0) is 52.8. The molecule has 0 amide bonds. The van der Waals surface area contributed by atoms with Crippen molar-refractivity contribution in [3.05, 3.63) is 11.6 Å². The number of ether oxygens (including phenoxy) is 9. The van der Waals surface area contributed by atoms with E-state index in [1.54, 1.807) is 6.92 Å². The second kappa shape index (κ2) is 21.8. The van der Waals surface area contributed by atoms with Gasteiger partial charge in [0, 0.05) is 12.3 Å². The van der Waals surface area contributed by atoms with Gasteiger partial charge in [-0.25, -0.2) is 0 Å². The van der Waals surface area contributed by atoms with Gasteiger partial charge in [-0.15, -0.1) is 0 Å². The van der Waals surface area contributed by atoms with Gasteiger partial charge < -0.3 is 109 Å². The standard InChI is InChI=1S/C51H84O22/c1-20(19-65-45-40(61)37(58)35(56)30(17-52)69-45)9-14-51(64)21(2)32-29(73-51)16-28-26-8-7-24-15-25(10-12-49(24,5)27(26)11-13-50(28,32)6)68-48-44(39(60)33(54)22(3)67-48)72-47-42(63)43(34(55)23(4)66-47)71-46-41(62)38(59)36(57)31(18-53)70-46/h7,20-23,25-48,52-64H,8-19H2,1-6H3/t20-,21+,22+,23+,25+,26-,27+,28+,29+,30-,31-,32+,33+,34+,35-,36-,37+,38+,39-,40-,41-,42-,43-,44-,45-,46+,47-,48-,49+,50+,51?/m1/s1. The lowest BCUT2D eigenvalue weighted by Crippen LogP contribution is -2.66. The molecule has 5 heterocycles. The van der Waals surface area contributed by atoms with Crippen molar-refractivity contribution < 1.29 is 109 Å². The van der Waals surface area contributed by atoms with Crippen LogP contribution in [0.3, 0.4) is 0 Å². The molecule has 13 N–H and O–H groups in total. The number of fused-ring (bicyclic) bond motifs is 7. The first-order valence-electron chi connectivity index (χ1n) is 26.8. The Morgan fingerprint density at radius 1 is 0.644 bits per heavy atom. The summed E-state index contributed by atoms with van der Waals surface area (Å²) in [6.45, 7) is 10.8. The predicted molar refractivity (Wildman–Crippen MR) is 249 cm³/mol. The molecule has 9 rings (SSSR count). The highest BCUT2D eigenvalue weighted by Crippen LogP contribution is 2.70. The number of hydrogen-bond donors (Lipinski definition) is 13. The Labute approximate surface area is 426 Å². The minimum absolute atomic E-state index is 0.0391. The van der Waals surface area contributed by atoms with Gasteiger partial charge in [-0.3, -0.25) is 0 Å². The minimum Gasteiger partial charge on any atom is -0.394 e. The van der Waals surface area contributed by atoms with E-state index in [4.69, 9.17) is 42.6 Å². The molecule has 0 aromatic rings. The van der Waals surface area contributed by atoms with E-state index in [0.717, 1.165) is 32.1 Å². The van der Waals surface area contributed by atoms with Crippen LogP contribution in [0.4, 0.5) is 0 Å². The lowest BCUT2D eigenvalue weighted by molar-refractivity contribution is -0.384. The van der Waals surface area contributed by atoms with Gasteiger partial charge in [0.1, 0.15) is 85.5 Å². The lowest BCUT2D eigenvalue weighted by Gasteiger charge is -2.58. The van der Waals surface area contributed by atoms with Crippen LogP contribution in [0.1, 0.15) is 99.3 Å². The first kappa shape index (κ1) is 56.6. The molecule has 73 heavy (non-hydrogen) atoms. The highest BCUT2D eigenvalue weighted by atomic mass is 16.8. The fraction of sp³-hybridized carbons (Fsp3) is 0.961. The monoisotopic (exact) mass is 1050 g/mol. The summed E-state index contributed by atoms with van der Waals surface area (Å²) in [7, 11) is 0. The van der Waals surface area contributed by atoms with Crippen molar-refractivity contribution >= 4 is 0 Å². The zero-order valence-electron chi connectivity index (χ0n) is 42.7. The van der Waals surface area contributed by atoms with Crippen molar-refractivity contribution in [2.45, 2.75) is 240 Å². The van der Waals surface area contributed by atoms with Crippen LogP contribution in [0.5, 0.6) is 0 Å². The Hall–Kier alpha value is -1.14. The van der Waals surface area contributed by atoms with Crippen molar-refractivity contribution in [1.29, 1.82) is 0 Å². The molecule has 5 saturated heterocycles. The normalized spacial score (nSPS) is 55.5. The van der Waals surface area contributed by atoms with Crippen molar-refractivity contribution in [1.82, 2.24) is 0 Å². The lowest BCUT2D eigenvalue weighted by atomic mass is 9.47. The summed E-state index contributed by atoms with van der Waals surface area (Å²) in [5.41, 5.74) is 1.17. The van der Waals surface area contributed by atoms with Crippen molar-refractivity contribution in [2.75, 3.05) is 19.8 Å². The van der Waals surface area contributed by atoms with Gasteiger partial charge >= 0.3 is 0 Å². The van der Waals surface area contributed by atoms with E-state index in [9.17, 15) is 66.4 Å². The molecule has 0 spiro atoms. The van der Waals surface area contributed by atoms with Crippen LogP contribution in [0.15, 0.2) is 11.6 Å². The Bertz CT molecular complexity index is 1900. The summed E-state index contributed by atoms with van der Waals surface area (Å²) >= 11 is 0. The van der Waals surface area contributed by atoms with E-state index in [0.29, 0.717) is 43.4 Å². The molecule has 0 aromatic heterocycles. The van der Waals surface area contributed by atoms with Gasteiger partial charge in [0.25, 0.3) is 0 Å². The van der Waals surface area contributed by atoms with Crippen LogP contribution >= 0.6 is 0 Å². The first-order valence-corrected chi connectivity index (χ1v) is 26.8. The molecular formula is C51H84O22. The summed E-state index contributed by atoms with van der Waals surface area (Å²) in [4.78, 5) is 0. The Balaban J connectivity index is 0.815. The molecule has 4 aliphatic carbocycles. The fourth-order valence-corrected chi connectivity index (χ4v) is 14.9. The number of aliphatic hydroxyl groups excluding tert-OH is 12. The van der Waals surface area contributed by atoms with Crippen LogP contribution in [0.2, 0.25) is 0 Å². The van der Waals surface area contributed by atoms with Crippen molar-refractivity contribution in [3.8, 4) is 0 Å². The number of rotatable bonds is 14. The van der Waals surface area contributed by atoms with Crippen molar-refractivity contribution in [2.24, 2.45) is 46.3 Å². The summed E-state index contributed by atoms with van der Waals surface area (Å²) < 4.78 is 54.2. The molecule has 420 valence electrons. The largest absolute Gasteiger partial charge is 0.394 e. The third-order valence-electron chi connectivity index (χ3n) is 19.5. The van der Waals surface area contributed by atoms with Crippen molar-refractivity contribution in [3.63, 3.8) is 0 Å². The number of aliphatic hydroxyl groups is 13. The molecule has 5 aliphatic heterocycles. The second-order valence-electron chi connectivity index (χ2n) is 23.8. The zero-order valence-corrected chi connectivity index (χ0v) is 42.7. The van der Waals surface area contributed by atoms with Crippen LogP contribution in [0, 0.1) is 46.3 Å². The van der Waals surface area contributed by atoms with Crippen LogP contribution in [-0.2, 0) is 42.6 Å². The van der Waals surface area contributed by atoms with Gasteiger partial charge in [-0.1, -0.05) is 39.3 Å². The predicted octanol–water partition coefficient (Wildman–Crippen LogP) is -1.98. The van der Waals surface area contributed by atoms with E-state index in [1.165, 1.54) is 12.5 Å². The number of allylic oxidation sites excluding steroid dienone is 1. The molecular weight excluding hydrogens is 965 g/mol. The van der Waals surface area contributed by atoms with E-state index >= 15 is 0 Å². The highest BCUT2D eigenvalue weighted by Gasteiger charge is 2.68. The third-order valence-corrected chi connectivity index (χ3v) is 19.5. The minimum atomic E-state index is -1.82. The Morgan fingerprint density at radius 2 is 1.25 bits per heavy atom. The summed E-state index contributed by atoms with van der Waals surface area (Å²) in [5.74, 6) is -0.0992. The molecule has 1 unspecified atom stereocenters. The average molecular weight is 1050 g/mol. The van der Waals surface area contributed by atoms with Gasteiger partial charge in [0.15, 0.2) is 30.9 Å². The first-order chi connectivity index (χ1) is 34.5. The average Bonchev–Trinajstić information content (AvgIpc) is 3.80. The van der Waals surface area contributed by atoms with Crippen LogP contribution in [0.25, 0.3) is 0 Å². The highest BCUT2D eigenvalue weighted by molar-refractivity contribution is 5.26. The smallest absolute Gasteiger partial charge is 0.187 e. The summed E-state index contributed by atoms with van der Waals surface area (Å²) in [5, 5.41) is 138. The van der Waals surface area contributed by atoms with Gasteiger partial charge in [0.05, 0.1) is 44.2 Å². The molecule has 31 atom stereocenters. The quantitative estimate of drug-likeness (QED) is 0.0839. The van der Waals surface area contributed by atoms with E-state index in [-0.39, 0.29) is 47.4 Å². The van der Waals surface area contributed by atoms with Crippen LogP contribution < -0.4 is 0 Å². The Kier molecular flexibility index (Phi) is 16.9. The SMILES string of the molecule is C[C@H](CCC1(O)O[C@H]2C[C@H]3[C@@H]4CC=C5C[C@@H](O[C@H]6O[C@@H](C)[C@H](O)[C@@H](O)[C@H]6O[C@H]6O[C@@H](C)[C@H](O)[C@@H](O[C@@H]7O[C@H](CO)[C@@H](O)[C@H](O)[C@H]7O)[C@H]6O)CC[C@]5(C)[C@H]4CC[C@]3(C)[C@H]2[C@@H]1C)CO[C@@H]1O[C@H](CO)[C@@H](O)[C@H](O)[C@H]1O. The molecule has 0 radical (unpaired) electrons. The molecule has 22 heteroatoms. The molecule has 0 bridgehead atoms. The second-order valence-corrected chi connectivity index (χ2v) is 23.8. The van der Waals surface area contributed by atoms with E-state index in [1.807, 2.05) is 6.92 Å². The maximum Gasteiger partial charge on any atom is 0.187 e. The molecule has 22 nitrogen and oxygen atoms in total. The topological polar surface area (TPSA) is 346 Å². The fourth-order valence-electron chi connectivity index (χ4n) is 14.9. The van der Waals surface area contributed by atoms with Gasteiger partial charge in [0.2, 0.25) is 0 Å². The van der Waals surface area contributed by atoms with E-state index in [2.05, 4.69) is 26.8 Å². The van der Waals surface area contributed by atoms with E-state index < -0.39 is 142 Å². The third kappa shape index (κ3) is 10.2. The molecule has 0 aromatic carbocycles.